The van der Waals surface area contributed by atoms with Crippen LogP contribution >= 0.6 is 0 Å². The summed E-state index contributed by atoms with van der Waals surface area (Å²) < 4.78 is 11.1. The van der Waals surface area contributed by atoms with Gasteiger partial charge >= 0.3 is 5.97 Å². The lowest BCUT2D eigenvalue weighted by Crippen LogP contribution is -2.16. The molecule has 0 saturated heterocycles. The Hall–Kier alpha value is -4.27. The number of aromatic hydroxyl groups is 6. The lowest BCUT2D eigenvalue weighted by molar-refractivity contribution is 0.0732. The van der Waals surface area contributed by atoms with Gasteiger partial charge in [0.15, 0.2) is 28.7 Å². The normalized spacial score (nSPS) is 15.0. The first kappa shape index (κ1) is 20.0. The molecule has 0 amide bonds. The molecule has 1 heterocycles. The van der Waals surface area contributed by atoms with Crippen molar-refractivity contribution in [2.75, 3.05) is 0 Å². The minimum Gasteiger partial charge on any atom is -0.507 e. The second-order valence-electron chi connectivity index (χ2n) is 7.07. The molecule has 0 fully saturated rings. The Morgan fingerprint density at radius 2 is 1.55 bits per heavy atom. The number of rotatable bonds is 3. The second kappa shape index (κ2) is 7.52. The van der Waals surface area contributed by atoms with Gasteiger partial charge in [0.2, 0.25) is 0 Å². The molecule has 9 heteroatoms. The number of fused-ring (bicyclic) bond motifs is 1. The molecule has 160 valence electrons. The van der Waals surface area contributed by atoms with Crippen LogP contribution in [-0.2, 0) is 6.42 Å². The second-order valence-corrected chi connectivity index (χ2v) is 7.07. The predicted molar refractivity (Wildman–Crippen MR) is 106 cm³/mol. The number of esters is 1. The van der Waals surface area contributed by atoms with Gasteiger partial charge in [-0.1, -0.05) is 6.07 Å². The van der Waals surface area contributed by atoms with Gasteiger partial charge < -0.3 is 40.1 Å². The van der Waals surface area contributed by atoms with Gasteiger partial charge in [-0.25, -0.2) is 4.79 Å². The van der Waals surface area contributed by atoms with Crippen LogP contribution in [0.1, 0.15) is 34.0 Å². The quantitative estimate of drug-likeness (QED) is 0.210. The van der Waals surface area contributed by atoms with Crippen molar-refractivity contribution in [2.24, 2.45) is 0 Å². The smallest absolute Gasteiger partial charge is 0.343 e. The maximum atomic E-state index is 12.4. The van der Waals surface area contributed by atoms with Crippen molar-refractivity contribution in [1.29, 1.82) is 0 Å². The first-order chi connectivity index (χ1) is 14.7. The number of hydrogen-bond acceptors (Lipinski definition) is 9. The van der Waals surface area contributed by atoms with Crippen LogP contribution in [-0.4, -0.2) is 36.6 Å². The van der Waals surface area contributed by atoms with Gasteiger partial charge in [-0.2, -0.15) is 0 Å². The van der Waals surface area contributed by atoms with E-state index in [-0.39, 0.29) is 34.3 Å². The van der Waals surface area contributed by atoms with Crippen molar-refractivity contribution in [3.05, 3.63) is 59.2 Å². The lowest BCUT2D eigenvalue weighted by Gasteiger charge is -2.27. The molecule has 0 unspecified atom stereocenters. The number of benzene rings is 3. The van der Waals surface area contributed by atoms with Crippen LogP contribution in [0.3, 0.4) is 0 Å². The Labute approximate surface area is 175 Å². The zero-order valence-electron chi connectivity index (χ0n) is 15.9. The molecule has 0 aromatic heterocycles. The standard InChI is InChI=1S/C22H18O9/c23-14-3-1-10(5-16(14)25)19-4-2-13-15(24)8-12(9-20(13)31-19)30-22(29)11-6-17(26)21(28)18(27)7-11/h1,3,5-9,19,23-28H,2,4H2/t19-/m1/s1. The average Bonchev–Trinajstić information content (AvgIpc) is 2.73. The van der Waals surface area contributed by atoms with E-state index in [1.165, 1.54) is 24.3 Å². The Kier molecular flexibility index (Phi) is 4.86. The maximum absolute atomic E-state index is 12.4. The van der Waals surface area contributed by atoms with Crippen molar-refractivity contribution < 1.29 is 44.9 Å². The van der Waals surface area contributed by atoms with E-state index in [0.29, 0.717) is 24.0 Å². The number of hydrogen-bond donors (Lipinski definition) is 6. The van der Waals surface area contributed by atoms with E-state index >= 15 is 0 Å². The monoisotopic (exact) mass is 426 g/mol. The van der Waals surface area contributed by atoms with E-state index in [1.807, 2.05) is 0 Å². The van der Waals surface area contributed by atoms with Crippen LogP contribution in [0.2, 0.25) is 0 Å². The fourth-order valence-electron chi connectivity index (χ4n) is 3.37. The lowest BCUT2D eigenvalue weighted by atomic mass is 9.96. The molecule has 0 radical (unpaired) electrons. The first-order valence-corrected chi connectivity index (χ1v) is 9.24. The molecule has 4 rings (SSSR count). The summed E-state index contributed by atoms with van der Waals surface area (Å²) in [6, 6.07) is 8.86. The van der Waals surface area contributed by atoms with Crippen molar-refractivity contribution in [3.63, 3.8) is 0 Å². The van der Waals surface area contributed by atoms with Crippen LogP contribution in [0.5, 0.6) is 46.0 Å². The topological polar surface area (TPSA) is 157 Å². The van der Waals surface area contributed by atoms with Gasteiger partial charge in [0.25, 0.3) is 0 Å². The number of ether oxygens (including phenoxy) is 2. The van der Waals surface area contributed by atoms with Crippen LogP contribution in [0.25, 0.3) is 0 Å². The van der Waals surface area contributed by atoms with Gasteiger partial charge in [-0.15, -0.1) is 0 Å². The Bertz CT molecular complexity index is 1160. The van der Waals surface area contributed by atoms with E-state index < -0.39 is 29.3 Å². The minimum absolute atomic E-state index is 0.0393. The molecule has 0 saturated carbocycles. The molecule has 6 N–H and O–H groups in total. The average molecular weight is 426 g/mol. The highest BCUT2D eigenvalue weighted by Crippen LogP contribution is 2.43. The van der Waals surface area contributed by atoms with Gasteiger partial charge in [-0.05, 0) is 42.7 Å². The highest BCUT2D eigenvalue weighted by molar-refractivity contribution is 5.92. The van der Waals surface area contributed by atoms with Crippen LogP contribution in [0.15, 0.2) is 42.5 Å². The fourth-order valence-corrected chi connectivity index (χ4v) is 3.37. The summed E-state index contributed by atoms with van der Waals surface area (Å²) in [6.07, 6.45) is 0.507. The molecule has 31 heavy (non-hydrogen) atoms. The van der Waals surface area contributed by atoms with E-state index in [4.69, 9.17) is 9.47 Å². The number of phenolic OH excluding ortho intramolecular Hbond substituents is 6. The van der Waals surface area contributed by atoms with Gasteiger partial charge in [0, 0.05) is 17.7 Å². The van der Waals surface area contributed by atoms with Crippen molar-refractivity contribution in [3.8, 4) is 46.0 Å². The van der Waals surface area contributed by atoms with Crippen molar-refractivity contribution in [1.82, 2.24) is 0 Å². The molecule has 0 spiro atoms. The molecule has 1 atom stereocenters. The maximum Gasteiger partial charge on any atom is 0.343 e. The number of phenols is 6. The molecule has 1 aliphatic rings. The Morgan fingerprint density at radius 3 is 2.23 bits per heavy atom. The zero-order chi connectivity index (χ0) is 22.3. The molecule has 0 bridgehead atoms. The highest BCUT2D eigenvalue weighted by atomic mass is 16.5. The fraction of sp³-hybridized carbons (Fsp3) is 0.136. The molecular weight excluding hydrogens is 408 g/mol. The summed E-state index contributed by atoms with van der Waals surface area (Å²) >= 11 is 0. The summed E-state index contributed by atoms with van der Waals surface area (Å²) in [4.78, 5) is 12.4. The Balaban J connectivity index is 1.59. The minimum atomic E-state index is -0.944. The van der Waals surface area contributed by atoms with Crippen LogP contribution in [0, 0.1) is 0 Å². The number of carbonyl (C=O) groups excluding carboxylic acids is 1. The van der Waals surface area contributed by atoms with Gasteiger partial charge in [0.1, 0.15) is 23.4 Å². The summed E-state index contributed by atoms with van der Waals surface area (Å²) in [5.74, 6) is -3.51. The van der Waals surface area contributed by atoms with Crippen LogP contribution < -0.4 is 9.47 Å². The van der Waals surface area contributed by atoms with E-state index in [9.17, 15) is 35.4 Å². The summed E-state index contributed by atoms with van der Waals surface area (Å²) in [7, 11) is 0. The van der Waals surface area contributed by atoms with E-state index in [0.717, 1.165) is 12.1 Å². The predicted octanol–water partition coefficient (Wildman–Crippen LogP) is 3.21. The molecule has 0 aliphatic carbocycles. The molecule has 3 aromatic rings. The number of carbonyl (C=O) groups is 1. The van der Waals surface area contributed by atoms with Crippen LogP contribution in [0.4, 0.5) is 0 Å². The SMILES string of the molecule is O=C(Oc1cc(O)c2c(c1)O[C@@H](c1ccc(O)c(O)c1)CC2)c1cc(O)c(O)c(O)c1. The van der Waals surface area contributed by atoms with Gasteiger partial charge in [0.05, 0.1) is 5.56 Å². The summed E-state index contributed by atoms with van der Waals surface area (Å²) in [5, 5.41) is 58.0. The molecule has 3 aromatic carbocycles. The zero-order valence-corrected chi connectivity index (χ0v) is 15.9. The first-order valence-electron chi connectivity index (χ1n) is 9.24. The third-order valence-corrected chi connectivity index (χ3v) is 4.97. The third kappa shape index (κ3) is 3.80. The van der Waals surface area contributed by atoms with E-state index in [2.05, 4.69) is 0 Å². The van der Waals surface area contributed by atoms with Gasteiger partial charge in [-0.3, -0.25) is 0 Å². The highest BCUT2D eigenvalue weighted by Gasteiger charge is 2.26. The summed E-state index contributed by atoms with van der Waals surface area (Å²) in [5.41, 5.74) is 0.931. The molecule has 1 aliphatic heterocycles. The third-order valence-electron chi connectivity index (χ3n) is 4.97. The molecule has 9 nitrogen and oxygen atoms in total. The van der Waals surface area contributed by atoms with Crippen molar-refractivity contribution in [2.45, 2.75) is 18.9 Å². The van der Waals surface area contributed by atoms with E-state index in [1.54, 1.807) is 6.07 Å². The van der Waals surface area contributed by atoms with Crippen molar-refractivity contribution >= 4 is 5.97 Å². The largest absolute Gasteiger partial charge is 0.507 e. The Morgan fingerprint density at radius 1 is 0.839 bits per heavy atom. The summed E-state index contributed by atoms with van der Waals surface area (Å²) in [6.45, 7) is 0. The molecular formula is C22H18O9.